The Morgan fingerprint density at radius 2 is 1.76 bits per heavy atom. The molecule has 10 heteroatoms. The van der Waals surface area contributed by atoms with Crippen molar-refractivity contribution in [3.8, 4) is 17.2 Å². The average Bonchev–Trinajstić information content (AvgIpc) is 2.84. The number of hydrogen-bond donors (Lipinski definition) is 2. The molecule has 8 nitrogen and oxygen atoms in total. The molecule has 0 radical (unpaired) electrons. The monoisotopic (exact) mass is 545 g/mol. The van der Waals surface area contributed by atoms with E-state index in [1.807, 2.05) is 18.2 Å². The van der Waals surface area contributed by atoms with Crippen LogP contribution in [0.2, 0.25) is 5.02 Å². The first-order valence-corrected chi connectivity index (χ1v) is 11.1. The van der Waals surface area contributed by atoms with Crippen molar-refractivity contribution in [1.82, 2.24) is 5.43 Å². The second kappa shape index (κ2) is 12.1. The van der Waals surface area contributed by atoms with Crippen molar-refractivity contribution in [3.05, 3.63) is 81.3 Å². The van der Waals surface area contributed by atoms with Crippen LogP contribution >= 0.6 is 27.5 Å². The van der Waals surface area contributed by atoms with Crippen molar-refractivity contribution < 1.29 is 23.8 Å². The molecular formula is C24H21BrClN3O5. The number of ether oxygens (including phenoxy) is 3. The largest absolute Gasteiger partial charge is 0.497 e. The lowest BCUT2D eigenvalue weighted by Crippen LogP contribution is -2.32. The maximum absolute atomic E-state index is 12.0. The molecule has 0 aliphatic carbocycles. The van der Waals surface area contributed by atoms with Gasteiger partial charge in [0.05, 0.1) is 24.9 Å². The van der Waals surface area contributed by atoms with Gasteiger partial charge in [0, 0.05) is 16.3 Å². The first kappa shape index (κ1) is 25.1. The zero-order valence-corrected chi connectivity index (χ0v) is 20.6. The average molecular weight is 547 g/mol. The molecule has 0 aliphatic heterocycles. The summed E-state index contributed by atoms with van der Waals surface area (Å²) in [6.07, 6.45) is 1.38. The third-order valence-corrected chi connectivity index (χ3v) is 5.47. The number of benzene rings is 3. The van der Waals surface area contributed by atoms with Gasteiger partial charge in [-0.3, -0.25) is 9.59 Å². The van der Waals surface area contributed by atoms with E-state index in [2.05, 4.69) is 31.8 Å². The van der Waals surface area contributed by atoms with Crippen molar-refractivity contribution in [3.63, 3.8) is 0 Å². The molecule has 0 atom stereocenters. The first-order valence-electron chi connectivity index (χ1n) is 9.93. The van der Waals surface area contributed by atoms with E-state index in [-0.39, 0.29) is 6.61 Å². The van der Waals surface area contributed by atoms with E-state index in [4.69, 9.17) is 25.8 Å². The van der Waals surface area contributed by atoms with Gasteiger partial charge in [0.1, 0.15) is 12.4 Å². The van der Waals surface area contributed by atoms with Crippen LogP contribution in [0.15, 0.2) is 70.2 Å². The number of nitrogens with zero attached hydrogens (tertiary/aromatic N) is 1. The molecule has 0 spiro atoms. The van der Waals surface area contributed by atoms with Crippen LogP contribution in [0.1, 0.15) is 11.1 Å². The molecule has 3 rings (SSSR count). The molecule has 0 bridgehead atoms. The fourth-order valence-corrected chi connectivity index (χ4v) is 3.56. The lowest BCUT2D eigenvalue weighted by atomic mass is 10.2. The third kappa shape index (κ3) is 6.72. The summed E-state index contributed by atoms with van der Waals surface area (Å²) in [5, 5.41) is 6.92. The number of rotatable bonds is 8. The Hall–Kier alpha value is -3.56. The number of carbonyl (C=O) groups excluding carboxylic acids is 2. The maximum atomic E-state index is 12.0. The fraction of sp³-hybridized carbons (Fsp3) is 0.125. The van der Waals surface area contributed by atoms with Gasteiger partial charge in [0.15, 0.2) is 11.5 Å². The predicted octanol–water partition coefficient (Wildman–Crippen LogP) is 4.79. The first-order chi connectivity index (χ1) is 16.4. The van der Waals surface area contributed by atoms with Gasteiger partial charge in [-0.15, -0.1) is 0 Å². The van der Waals surface area contributed by atoms with Crippen LogP contribution in [0, 0.1) is 0 Å². The number of carbonyl (C=O) groups is 2. The minimum absolute atomic E-state index is 0.251. The summed E-state index contributed by atoms with van der Waals surface area (Å²) in [4.78, 5) is 24.1. The van der Waals surface area contributed by atoms with Crippen molar-refractivity contribution in [2.45, 2.75) is 6.61 Å². The molecule has 0 heterocycles. The Balaban J connectivity index is 1.61. The Bertz CT molecular complexity index is 1200. The SMILES string of the molecule is COc1ccc(NC(=O)C(=O)NN=Cc2cc(Br)c(OCc3ccccc3Cl)c(OC)c2)cc1. The second-order valence-corrected chi connectivity index (χ2v) is 8.06. The lowest BCUT2D eigenvalue weighted by molar-refractivity contribution is -0.136. The molecule has 0 fully saturated rings. The van der Waals surface area contributed by atoms with Gasteiger partial charge in [0.25, 0.3) is 0 Å². The van der Waals surface area contributed by atoms with Crippen LogP contribution < -0.4 is 25.0 Å². The standard InChI is InChI=1S/C24H21BrClN3O5/c1-32-18-9-7-17(8-10-18)28-23(30)24(31)29-27-13-15-11-19(25)22(21(12-15)33-2)34-14-16-5-3-4-6-20(16)26/h3-13H,14H2,1-2H3,(H,28,30)(H,29,31). The number of hydrogen-bond acceptors (Lipinski definition) is 6. The Morgan fingerprint density at radius 1 is 1.03 bits per heavy atom. The van der Waals surface area contributed by atoms with Crippen molar-refractivity contribution >= 4 is 51.2 Å². The molecule has 2 N–H and O–H groups in total. The highest BCUT2D eigenvalue weighted by molar-refractivity contribution is 9.10. The Morgan fingerprint density at radius 3 is 2.44 bits per heavy atom. The van der Waals surface area contributed by atoms with Crippen molar-refractivity contribution in [2.24, 2.45) is 5.10 Å². The number of methoxy groups -OCH3 is 2. The van der Waals surface area contributed by atoms with Crippen LogP contribution in [0.5, 0.6) is 17.2 Å². The second-order valence-electron chi connectivity index (χ2n) is 6.80. The highest BCUT2D eigenvalue weighted by Gasteiger charge is 2.14. The van der Waals surface area contributed by atoms with Gasteiger partial charge in [-0.05, 0) is 64.0 Å². The minimum Gasteiger partial charge on any atom is -0.497 e. The fourth-order valence-electron chi connectivity index (χ4n) is 2.80. The van der Waals surface area contributed by atoms with Gasteiger partial charge in [-0.1, -0.05) is 29.8 Å². The number of halogens is 2. The topological polar surface area (TPSA) is 98.2 Å². The van der Waals surface area contributed by atoms with E-state index in [1.54, 1.807) is 42.5 Å². The molecule has 2 amide bonds. The molecule has 0 saturated carbocycles. The van der Waals surface area contributed by atoms with E-state index in [9.17, 15) is 9.59 Å². The van der Waals surface area contributed by atoms with Gasteiger partial charge < -0.3 is 19.5 Å². The van der Waals surface area contributed by atoms with Crippen LogP contribution in [-0.2, 0) is 16.2 Å². The van der Waals surface area contributed by atoms with E-state index >= 15 is 0 Å². The Kier molecular flexibility index (Phi) is 8.89. The van der Waals surface area contributed by atoms with Crippen LogP contribution in [0.25, 0.3) is 0 Å². The van der Waals surface area contributed by atoms with Gasteiger partial charge in [-0.2, -0.15) is 5.10 Å². The molecule has 0 unspecified atom stereocenters. The van der Waals surface area contributed by atoms with E-state index in [0.717, 1.165) is 5.56 Å². The number of anilines is 1. The van der Waals surface area contributed by atoms with Gasteiger partial charge >= 0.3 is 11.8 Å². The summed E-state index contributed by atoms with van der Waals surface area (Å²) >= 11 is 9.65. The quantitative estimate of drug-likeness (QED) is 0.241. The van der Waals surface area contributed by atoms with Gasteiger partial charge in [0.2, 0.25) is 0 Å². The van der Waals surface area contributed by atoms with Crippen molar-refractivity contribution in [2.75, 3.05) is 19.5 Å². The van der Waals surface area contributed by atoms with Crippen LogP contribution in [0.3, 0.4) is 0 Å². The summed E-state index contributed by atoms with van der Waals surface area (Å²) in [5.41, 5.74) is 4.07. The normalized spacial score (nSPS) is 10.6. The number of amides is 2. The third-order valence-electron chi connectivity index (χ3n) is 4.52. The van der Waals surface area contributed by atoms with Crippen molar-refractivity contribution in [1.29, 1.82) is 0 Å². The maximum Gasteiger partial charge on any atom is 0.329 e. The Labute approximate surface area is 210 Å². The molecule has 3 aromatic carbocycles. The molecule has 176 valence electrons. The van der Waals surface area contributed by atoms with Crippen LogP contribution in [0.4, 0.5) is 5.69 Å². The van der Waals surface area contributed by atoms with E-state index in [0.29, 0.717) is 38.0 Å². The molecule has 0 saturated heterocycles. The number of hydrazone groups is 1. The van der Waals surface area contributed by atoms with E-state index < -0.39 is 11.8 Å². The smallest absolute Gasteiger partial charge is 0.329 e. The predicted molar refractivity (Wildman–Crippen MR) is 134 cm³/mol. The summed E-state index contributed by atoms with van der Waals surface area (Å²) in [5.74, 6) is -0.204. The molecular weight excluding hydrogens is 526 g/mol. The summed E-state index contributed by atoms with van der Waals surface area (Å²) < 4.78 is 17.0. The molecule has 0 aromatic heterocycles. The summed E-state index contributed by atoms with van der Waals surface area (Å²) in [6.45, 7) is 0.251. The molecule has 0 aliphatic rings. The molecule has 3 aromatic rings. The van der Waals surface area contributed by atoms with Gasteiger partial charge in [-0.25, -0.2) is 5.43 Å². The lowest BCUT2D eigenvalue weighted by Gasteiger charge is -2.14. The summed E-state index contributed by atoms with van der Waals surface area (Å²) in [7, 11) is 3.05. The zero-order valence-electron chi connectivity index (χ0n) is 18.3. The summed E-state index contributed by atoms with van der Waals surface area (Å²) in [6, 6.07) is 17.4. The zero-order chi connectivity index (χ0) is 24.5. The molecule has 34 heavy (non-hydrogen) atoms. The number of nitrogens with one attached hydrogen (secondary N) is 2. The van der Waals surface area contributed by atoms with E-state index in [1.165, 1.54) is 20.4 Å². The highest BCUT2D eigenvalue weighted by atomic mass is 79.9. The minimum atomic E-state index is -0.919. The van der Waals surface area contributed by atoms with Crippen LogP contribution in [-0.4, -0.2) is 32.2 Å². The highest BCUT2D eigenvalue weighted by Crippen LogP contribution is 2.37.